The number of hydrogen-bond acceptors (Lipinski definition) is 5. The van der Waals surface area contributed by atoms with E-state index >= 15 is 0 Å². The Kier molecular flexibility index (Phi) is 3.74. The molecule has 0 N–H and O–H groups in total. The Morgan fingerprint density at radius 2 is 2.12 bits per heavy atom. The van der Waals surface area contributed by atoms with Crippen LogP contribution in [0.2, 0.25) is 0 Å². The molecule has 6 heteroatoms. The Labute approximate surface area is 106 Å². The molecule has 2 aromatic heterocycles. The molecule has 2 aromatic rings. The van der Waals surface area contributed by atoms with Gasteiger partial charge in [-0.2, -0.15) is 0 Å². The van der Waals surface area contributed by atoms with Gasteiger partial charge in [0.1, 0.15) is 17.1 Å². The van der Waals surface area contributed by atoms with Crippen molar-refractivity contribution in [1.82, 2.24) is 15.0 Å². The molecule has 2 rings (SSSR count). The first kappa shape index (κ1) is 11.3. The van der Waals surface area contributed by atoms with Gasteiger partial charge in [0.05, 0.1) is 6.20 Å². The Morgan fingerprint density at radius 1 is 1.25 bits per heavy atom. The van der Waals surface area contributed by atoms with Gasteiger partial charge in [-0.3, -0.25) is 4.98 Å². The molecule has 16 heavy (non-hydrogen) atoms. The lowest BCUT2D eigenvalue weighted by Gasteiger charge is -2.04. The molecule has 82 valence electrons. The number of halogens is 1. The first-order valence-electron chi connectivity index (χ1n) is 4.42. The Morgan fingerprint density at radius 3 is 2.88 bits per heavy atom. The third-order valence-electron chi connectivity index (χ3n) is 1.73. The van der Waals surface area contributed by atoms with Gasteiger partial charge in [0.2, 0.25) is 5.88 Å². The van der Waals surface area contributed by atoms with Gasteiger partial charge in [-0.15, -0.1) is 11.8 Å². The molecular weight excluding hydrogens is 290 g/mol. The highest BCUT2D eigenvalue weighted by Crippen LogP contribution is 2.23. The summed E-state index contributed by atoms with van der Waals surface area (Å²) < 4.78 is 6.41. The summed E-state index contributed by atoms with van der Waals surface area (Å²) in [7, 11) is 0. The second-order valence-electron chi connectivity index (χ2n) is 2.84. The van der Waals surface area contributed by atoms with Crippen LogP contribution in [0, 0.1) is 0 Å². The molecule has 0 unspecified atom stereocenters. The first-order chi connectivity index (χ1) is 7.78. The van der Waals surface area contributed by atoms with Crippen molar-refractivity contribution in [2.75, 3.05) is 6.26 Å². The molecule has 0 radical (unpaired) electrons. The van der Waals surface area contributed by atoms with Crippen LogP contribution in [0.15, 0.2) is 40.4 Å². The molecule has 0 fully saturated rings. The van der Waals surface area contributed by atoms with Gasteiger partial charge >= 0.3 is 0 Å². The summed E-state index contributed by atoms with van der Waals surface area (Å²) in [5.74, 6) is 1.15. The Bertz CT molecular complexity index is 495. The topological polar surface area (TPSA) is 47.9 Å². The summed E-state index contributed by atoms with van der Waals surface area (Å²) in [6, 6.07) is 3.61. The molecule has 0 atom stereocenters. The molecule has 0 aromatic carbocycles. The van der Waals surface area contributed by atoms with Crippen LogP contribution in [0.3, 0.4) is 0 Å². The molecule has 0 aliphatic rings. The van der Waals surface area contributed by atoms with Gasteiger partial charge in [-0.1, -0.05) is 0 Å². The highest BCUT2D eigenvalue weighted by molar-refractivity contribution is 9.10. The maximum Gasteiger partial charge on any atom is 0.223 e. The number of rotatable bonds is 3. The summed E-state index contributed by atoms with van der Waals surface area (Å²) in [5.41, 5.74) is 0. The van der Waals surface area contributed by atoms with E-state index in [1.54, 1.807) is 30.2 Å². The van der Waals surface area contributed by atoms with Gasteiger partial charge in [-0.05, 0) is 28.3 Å². The van der Waals surface area contributed by atoms with Crippen LogP contribution >= 0.6 is 27.7 Å². The van der Waals surface area contributed by atoms with Crippen molar-refractivity contribution in [3.63, 3.8) is 0 Å². The molecule has 0 aliphatic heterocycles. The summed E-state index contributed by atoms with van der Waals surface area (Å²) in [6.07, 6.45) is 6.76. The van der Waals surface area contributed by atoms with Crippen LogP contribution in [-0.4, -0.2) is 21.2 Å². The van der Waals surface area contributed by atoms with E-state index in [-0.39, 0.29) is 0 Å². The van der Waals surface area contributed by atoms with Crippen molar-refractivity contribution in [2.45, 2.75) is 5.03 Å². The summed E-state index contributed by atoms with van der Waals surface area (Å²) in [5, 5.41) is 0.868. The third-order valence-corrected chi connectivity index (χ3v) is 2.80. The highest BCUT2D eigenvalue weighted by Gasteiger charge is 2.01. The standard InChI is InChI=1S/C10H8BrN3OS/c1-16-10-3-9(13-6-14-10)15-8-2-7(11)4-12-5-8/h2-6H,1H3. The van der Waals surface area contributed by atoms with Crippen LogP contribution in [0.4, 0.5) is 0 Å². The lowest BCUT2D eigenvalue weighted by Crippen LogP contribution is -1.90. The number of aromatic nitrogens is 3. The van der Waals surface area contributed by atoms with Crippen molar-refractivity contribution in [2.24, 2.45) is 0 Å². The van der Waals surface area contributed by atoms with E-state index in [9.17, 15) is 0 Å². The van der Waals surface area contributed by atoms with Gasteiger partial charge < -0.3 is 4.74 Å². The molecule has 0 aliphatic carbocycles. The quantitative estimate of drug-likeness (QED) is 0.643. The van der Waals surface area contributed by atoms with Crippen molar-refractivity contribution >= 4 is 27.7 Å². The molecule has 0 saturated carbocycles. The van der Waals surface area contributed by atoms with Crippen LogP contribution in [0.1, 0.15) is 0 Å². The number of pyridine rings is 1. The molecule has 0 spiro atoms. The molecule has 4 nitrogen and oxygen atoms in total. The number of ether oxygens (including phenoxy) is 1. The molecule has 0 amide bonds. The smallest absolute Gasteiger partial charge is 0.223 e. The average Bonchev–Trinajstić information content (AvgIpc) is 2.29. The van der Waals surface area contributed by atoms with Crippen LogP contribution in [0.5, 0.6) is 11.6 Å². The monoisotopic (exact) mass is 297 g/mol. The van der Waals surface area contributed by atoms with Crippen molar-refractivity contribution in [3.8, 4) is 11.6 Å². The predicted molar refractivity (Wildman–Crippen MR) is 65.8 cm³/mol. The largest absolute Gasteiger partial charge is 0.437 e. The van der Waals surface area contributed by atoms with Crippen LogP contribution in [-0.2, 0) is 0 Å². The van der Waals surface area contributed by atoms with Crippen LogP contribution in [0.25, 0.3) is 0 Å². The molecule has 0 bridgehead atoms. The normalized spacial score (nSPS) is 10.1. The van der Waals surface area contributed by atoms with E-state index in [0.717, 1.165) is 9.50 Å². The van der Waals surface area contributed by atoms with Crippen molar-refractivity contribution in [3.05, 3.63) is 35.3 Å². The lowest BCUT2D eigenvalue weighted by atomic mass is 10.5. The van der Waals surface area contributed by atoms with Gasteiger partial charge in [0, 0.05) is 16.7 Å². The second-order valence-corrected chi connectivity index (χ2v) is 4.58. The first-order valence-corrected chi connectivity index (χ1v) is 6.44. The molecular formula is C10H8BrN3OS. The van der Waals surface area contributed by atoms with E-state index < -0.39 is 0 Å². The zero-order chi connectivity index (χ0) is 11.4. The average molecular weight is 298 g/mol. The third kappa shape index (κ3) is 2.93. The lowest BCUT2D eigenvalue weighted by molar-refractivity contribution is 0.456. The molecule has 2 heterocycles. The zero-order valence-electron chi connectivity index (χ0n) is 8.42. The fourth-order valence-corrected chi connectivity index (χ4v) is 1.77. The van der Waals surface area contributed by atoms with Gasteiger partial charge in [0.25, 0.3) is 0 Å². The van der Waals surface area contributed by atoms with E-state index in [4.69, 9.17) is 4.74 Å². The fourth-order valence-electron chi connectivity index (χ4n) is 1.06. The number of nitrogens with zero attached hydrogens (tertiary/aromatic N) is 3. The number of thioether (sulfide) groups is 1. The minimum atomic E-state index is 0.513. The molecule has 0 saturated heterocycles. The minimum absolute atomic E-state index is 0.513. The zero-order valence-corrected chi connectivity index (χ0v) is 10.8. The van der Waals surface area contributed by atoms with E-state index in [1.165, 1.54) is 6.33 Å². The Balaban J connectivity index is 2.20. The van der Waals surface area contributed by atoms with Gasteiger partial charge in [-0.25, -0.2) is 9.97 Å². The van der Waals surface area contributed by atoms with Crippen LogP contribution < -0.4 is 4.74 Å². The maximum absolute atomic E-state index is 5.54. The van der Waals surface area contributed by atoms with Gasteiger partial charge in [0.15, 0.2) is 0 Å². The Hall–Kier alpha value is -1.14. The summed E-state index contributed by atoms with van der Waals surface area (Å²) in [6.45, 7) is 0. The summed E-state index contributed by atoms with van der Waals surface area (Å²) in [4.78, 5) is 12.1. The summed E-state index contributed by atoms with van der Waals surface area (Å²) >= 11 is 4.86. The van der Waals surface area contributed by atoms with E-state index in [2.05, 4.69) is 30.9 Å². The van der Waals surface area contributed by atoms with E-state index in [1.807, 2.05) is 12.3 Å². The highest BCUT2D eigenvalue weighted by atomic mass is 79.9. The SMILES string of the molecule is CSc1cc(Oc2cncc(Br)c2)ncn1. The minimum Gasteiger partial charge on any atom is -0.437 e. The second kappa shape index (κ2) is 5.27. The maximum atomic E-state index is 5.54. The van der Waals surface area contributed by atoms with Crippen molar-refractivity contribution < 1.29 is 4.74 Å². The fraction of sp³-hybridized carbons (Fsp3) is 0.100. The van der Waals surface area contributed by atoms with E-state index in [0.29, 0.717) is 11.6 Å². The van der Waals surface area contributed by atoms with Crippen molar-refractivity contribution in [1.29, 1.82) is 0 Å². The number of hydrogen-bond donors (Lipinski definition) is 0. The predicted octanol–water partition coefficient (Wildman–Crippen LogP) is 3.15.